The second-order valence-corrected chi connectivity index (χ2v) is 7.40. The van der Waals surface area contributed by atoms with Crippen molar-refractivity contribution in [2.75, 3.05) is 47.8 Å². The third kappa shape index (κ3) is 5.13. The van der Waals surface area contributed by atoms with Crippen LogP contribution in [0.3, 0.4) is 0 Å². The third-order valence-corrected chi connectivity index (χ3v) is 4.63. The summed E-state index contributed by atoms with van der Waals surface area (Å²) in [6, 6.07) is -0.249. The molecule has 2 fully saturated rings. The molecule has 0 bridgehead atoms. The number of amides is 1. The molecule has 12 heteroatoms. The smallest absolute Gasteiger partial charge is 0.236 e. The van der Waals surface area contributed by atoms with Crippen molar-refractivity contribution in [3.8, 4) is 0 Å². The van der Waals surface area contributed by atoms with E-state index < -0.39 is 5.91 Å². The molecule has 0 spiro atoms. The van der Waals surface area contributed by atoms with Crippen LogP contribution in [-0.4, -0.2) is 77.8 Å². The van der Waals surface area contributed by atoms with Crippen molar-refractivity contribution >= 4 is 23.8 Å². The van der Waals surface area contributed by atoms with Crippen LogP contribution in [0.5, 0.6) is 0 Å². The molecule has 4 atom stereocenters. The molecule has 3 rings (SSSR count). The van der Waals surface area contributed by atoms with Crippen molar-refractivity contribution in [3.63, 3.8) is 0 Å². The number of nitrogens with zero attached hydrogens (tertiary/aromatic N) is 5. The largest absolute Gasteiger partial charge is 0.368 e. The van der Waals surface area contributed by atoms with E-state index >= 15 is 0 Å². The summed E-state index contributed by atoms with van der Waals surface area (Å²) in [6.07, 6.45) is 1.49. The van der Waals surface area contributed by atoms with Gasteiger partial charge in [0.15, 0.2) is 0 Å². The minimum absolute atomic E-state index is 0.0622. The summed E-state index contributed by atoms with van der Waals surface area (Å²) in [7, 11) is 0. The van der Waals surface area contributed by atoms with Crippen LogP contribution < -0.4 is 43.8 Å². The van der Waals surface area contributed by atoms with Crippen molar-refractivity contribution in [2.45, 2.75) is 37.0 Å². The first-order valence-corrected chi connectivity index (χ1v) is 9.10. The van der Waals surface area contributed by atoms with Crippen LogP contribution in [0, 0.1) is 0 Å². The number of hydrogen-bond donors (Lipinski definition) is 6. The minimum Gasteiger partial charge on any atom is -0.368 e. The lowest BCUT2D eigenvalue weighted by Gasteiger charge is -2.36. The maximum atomic E-state index is 11.1. The van der Waals surface area contributed by atoms with Crippen LogP contribution in [0.2, 0.25) is 0 Å². The van der Waals surface area contributed by atoms with E-state index in [1.165, 1.54) is 0 Å². The summed E-state index contributed by atoms with van der Waals surface area (Å²) in [5.41, 5.74) is 29.6. The minimum atomic E-state index is -0.512. The zero-order valence-electron chi connectivity index (χ0n) is 15.3. The third-order valence-electron chi connectivity index (χ3n) is 4.63. The van der Waals surface area contributed by atoms with Crippen LogP contribution in [0.15, 0.2) is 0 Å². The van der Waals surface area contributed by atoms with Crippen molar-refractivity contribution in [1.82, 2.24) is 15.0 Å². The molecule has 3 heterocycles. The molecule has 0 aliphatic carbocycles. The van der Waals surface area contributed by atoms with E-state index in [0.29, 0.717) is 38.1 Å². The summed E-state index contributed by atoms with van der Waals surface area (Å²) < 4.78 is 0. The van der Waals surface area contributed by atoms with Crippen molar-refractivity contribution in [3.05, 3.63) is 0 Å². The fourth-order valence-electron chi connectivity index (χ4n) is 3.57. The van der Waals surface area contributed by atoms with Crippen molar-refractivity contribution in [1.29, 1.82) is 0 Å². The van der Waals surface area contributed by atoms with E-state index in [9.17, 15) is 4.79 Å². The van der Waals surface area contributed by atoms with Crippen LogP contribution in [0.4, 0.5) is 17.8 Å². The van der Waals surface area contributed by atoms with E-state index in [0.717, 1.165) is 12.8 Å². The molecule has 0 saturated carbocycles. The van der Waals surface area contributed by atoms with Crippen LogP contribution in [-0.2, 0) is 4.79 Å². The maximum absolute atomic E-state index is 11.1. The Labute approximate surface area is 157 Å². The normalized spacial score (nSPS) is 28.9. The molecular weight excluding hydrogens is 350 g/mol. The van der Waals surface area contributed by atoms with Crippen molar-refractivity contribution in [2.24, 2.45) is 28.7 Å². The lowest BCUT2D eigenvalue weighted by Crippen LogP contribution is -2.54. The lowest BCUT2D eigenvalue weighted by molar-refractivity contribution is -0.116. The monoisotopic (exact) mass is 379 g/mol. The van der Waals surface area contributed by atoms with E-state index in [1.807, 2.05) is 9.80 Å². The molecule has 2 saturated heterocycles. The molecule has 1 aromatic rings. The molecule has 12 nitrogen and oxygen atoms in total. The van der Waals surface area contributed by atoms with E-state index in [4.69, 9.17) is 28.7 Å². The maximum Gasteiger partial charge on any atom is 0.236 e. The Morgan fingerprint density at radius 2 is 1.26 bits per heavy atom. The summed E-state index contributed by atoms with van der Waals surface area (Å²) >= 11 is 0. The number of anilines is 3. The van der Waals surface area contributed by atoms with Crippen LogP contribution in [0.25, 0.3) is 0 Å². The van der Waals surface area contributed by atoms with Gasteiger partial charge in [-0.15, -0.1) is 0 Å². The SMILES string of the molecule is NC(=O)CNc1nc(N2CC(N)CC(N)C2)nc(N2CC(N)CC(N)C2)n1. The van der Waals surface area contributed by atoms with Gasteiger partial charge in [0.05, 0.1) is 6.54 Å². The quantitative estimate of drug-likeness (QED) is 0.296. The van der Waals surface area contributed by atoms with E-state index in [1.54, 1.807) is 0 Å². The highest BCUT2D eigenvalue weighted by molar-refractivity contribution is 5.78. The van der Waals surface area contributed by atoms with Gasteiger partial charge in [-0.1, -0.05) is 0 Å². The standard InChI is InChI=1S/C15H29N11O/c16-8-1-9(17)5-25(4-8)14-22-13(21-3-12(20)27)23-15(24-14)26-6-10(18)2-11(19)7-26/h8-11H,1-7,16-19H2,(H2,20,27)(H,21,22,23,24). The first kappa shape index (κ1) is 19.5. The molecule has 11 N–H and O–H groups in total. The van der Waals surface area contributed by atoms with Gasteiger partial charge in [-0.25, -0.2) is 0 Å². The first-order chi connectivity index (χ1) is 12.8. The van der Waals surface area contributed by atoms with Gasteiger partial charge in [0.25, 0.3) is 0 Å². The molecule has 2 aliphatic rings. The fraction of sp³-hybridized carbons (Fsp3) is 0.733. The Bertz CT molecular complexity index is 607. The summed E-state index contributed by atoms with van der Waals surface area (Å²) in [5.74, 6) is 0.646. The molecule has 1 aromatic heterocycles. The van der Waals surface area contributed by atoms with Gasteiger partial charge < -0.3 is 43.8 Å². The number of piperidine rings is 2. The Morgan fingerprint density at radius 3 is 1.63 bits per heavy atom. The average molecular weight is 379 g/mol. The molecule has 2 aliphatic heterocycles. The van der Waals surface area contributed by atoms with Gasteiger partial charge in [-0.05, 0) is 12.8 Å². The Morgan fingerprint density at radius 1 is 0.852 bits per heavy atom. The van der Waals surface area contributed by atoms with E-state index in [-0.39, 0.29) is 36.7 Å². The Kier molecular flexibility index (Phi) is 5.89. The number of rotatable bonds is 5. The number of aromatic nitrogens is 3. The highest BCUT2D eigenvalue weighted by Crippen LogP contribution is 2.22. The summed E-state index contributed by atoms with van der Waals surface area (Å²) in [5, 5.41) is 2.83. The fourth-order valence-corrected chi connectivity index (χ4v) is 3.57. The summed E-state index contributed by atoms with van der Waals surface area (Å²) in [4.78, 5) is 28.4. The number of nitrogens with two attached hydrogens (primary N) is 5. The predicted octanol–water partition coefficient (Wildman–Crippen LogP) is -3.50. The number of carbonyl (C=O) groups excluding carboxylic acids is 1. The molecular formula is C15H29N11O. The zero-order chi connectivity index (χ0) is 19.6. The zero-order valence-corrected chi connectivity index (χ0v) is 15.3. The second-order valence-electron chi connectivity index (χ2n) is 7.40. The molecule has 0 radical (unpaired) electrons. The topological polar surface area (TPSA) is 204 Å². The highest BCUT2D eigenvalue weighted by Gasteiger charge is 2.28. The molecule has 150 valence electrons. The number of hydrogen-bond acceptors (Lipinski definition) is 11. The number of nitrogens with one attached hydrogen (secondary N) is 1. The number of primary amides is 1. The lowest BCUT2D eigenvalue weighted by atomic mass is 10.0. The Hall–Kier alpha value is -2.28. The van der Waals surface area contributed by atoms with Gasteiger partial charge in [0.1, 0.15) is 0 Å². The van der Waals surface area contributed by atoms with E-state index in [2.05, 4.69) is 20.3 Å². The molecule has 27 heavy (non-hydrogen) atoms. The van der Waals surface area contributed by atoms with Gasteiger partial charge in [0, 0.05) is 50.3 Å². The first-order valence-electron chi connectivity index (χ1n) is 9.10. The van der Waals surface area contributed by atoms with Crippen molar-refractivity contribution < 1.29 is 4.79 Å². The second kappa shape index (κ2) is 8.17. The van der Waals surface area contributed by atoms with Gasteiger partial charge >= 0.3 is 0 Å². The molecule has 0 aromatic carbocycles. The molecule has 4 unspecified atom stereocenters. The predicted molar refractivity (Wildman–Crippen MR) is 103 cm³/mol. The van der Waals surface area contributed by atoms with Gasteiger partial charge in [-0.2, -0.15) is 15.0 Å². The summed E-state index contributed by atoms with van der Waals surface area (Å²) in [6.45, 7) is 2.27. The number of carbonyl (C=O) groups is 1. The van der Waals surface area contributed by atoms with Crippen LogP contribution in [0.1, 0.15) is 12.8 Å². The van der Waals surface area contributed by atoms with Gasteiger partial charge in [-0.3, -0.25) is 4.79 Å². The highest BCUT2D eigenvalue weighted by atomic mass is 16.1. The Balaban J connectivity index is 1.89. The average Bonchev–Trinajstić information content (AvgIpc) is 2.58. The van der Waals surface area contributed by atoms with Gasteiger partial charge in [0.2, 0.25) is 23.8 Å². The van der Waals surface area contributed by atoms with Crippen LogP contribution >= 0.6 is 0 Å². The molecule has 1 amide bonds.